The van der Waals surface area contributed by atoms with Crippen molar-refractivity contribution in [2.24, 2.45) is 5.73 Å². The number of hydrogen-bond donors (Lipinski definition) is 3. The fourth-order valence-electron chi connectivity index (χ4n) is 1.74. The van der Waals surface area contributed by atoms with Crippen LogP contribution in [0.1, 0.15) is 25.6 Å². The van der Waals surface area contributed by atoms with Crippen LogP contribution < -0.4 is 16.4 Å². The molecule has 2 heterocycles. The van der Waals surface area contributed by atoms with Gasteiger partial charge in [-0.1, -0.05) is 0 Å². The van der Waals surface area contributed by atoms with Gasteiger partial charge in [-0.25, -0.2) is 0 Å². The minimum absolute atomic E-state index is 0.241. The molecule has 110 valence electrons. The van der Waals surface area contributed by atoms with E-state index in [4.69, 9.17) is 5.73 Å². The number of hydrogen-bond acceptors (Lipinski definition) is 5. The highest BCUT2D eigenvalue weighted by atomic mass is 32.1. The van der Waals surface area contributed by atoms with Gasteiger partial charge < -0.3 is 16.4 Å². The van der Waals surface area contributed by atoms with Crippen LogP contribution in [0.4, 0.5) is 5.00 Å². The first-order chi connectivity index (χ1) is 10.1. The van der Waals surface area contributed by atoms with E-state index in [2.05, 4.69) is 15.6 Å². The third kappa shape index (κ3) is 3.87. The first-order valence-corrected chi connectivity index (χ1v) is 7.23. The lowest BCUT2D eigenvalue weighted by molar-refractivity contribution is 0.0956. The Labute approximate surface area is 126 Å². The number of aromatic nitrogens is 1. The fourth-order valence-corrected chi connectivity index (χ4v) is 2.64. The van der Waals surface area contributed by atoms with Crippen molar-refractivity contribution < 1.29 is 9.59 Å². The van der Waals surface area contributed by atoms with E-state index in [0.29, 0.717) is 29.2 Å². The molecular weight excluding hydrogens is 288 g/mol. The Morgan fingerprint density at radius 3 is 2.67 bits per heavy atom. The van der Waals surface area contributed by atoms with E-state index in [1.807, 2.05) is 6.92 Å². The van der Waals surface area contributed by atoms with Crippen molar-refractivity contribution in [3.63, 3.8) is 0 Å². The maximum Gasteiger partial charge on any atom is 0.256 e. The summed E-state index contributed by atoms with van der Waals surface area (Å²) in [6, 6.07) is 4.98. The van der Waals surface area contributed by atoms with Gasteiger partial charge in [0, 0.05) is 35.9 Å². The fraction of sp³-hybridized carbons (Fsp3) is 0.214. The van der Waals surface area contributed by atoms with E-state index in [1.165, 1.54) is 11.3 Å². The molecule has 0 fully saturated rings. The Bertz CT molecular complexity index is 640. The van der Waals surface area contributed by atoms with Gasteiger partial charge in [-0.2, -0.15) is 0 Å². The van der Waals surface area contributed by atoms with Crippen LogP contribution in [0, 0.1) is 6.92 Å². The molecule has 0 unspecified atom stereocenters. The van der Waals surface area contributed by atoms with Crippen LogP contribution in [-0.2, 0) is 0 Å². The van der Waals surface area contributed by atoms with Gasteiger partial charge in [0.25, 0.3) is 11.8 Å². The third-order valence-corrected chi connectivity index (χ3v) is 3.67. The largest absolute Gasteiger partial charge is 0.351 e. The summed E-state index contributed by atoms with van der Waals surface area (Å²) in [6.45, 7) is 2.64. The Hall–Kier alpha value is -2.25. The van der Waals surface area contributed by atoms with Gasteiger partial charge in [-0.05, 0) is 25.1 Å². The number of aryl methyl sites for hydroxylation is 1. The van der Waals surface area contributed by atoms with Crippen LogP contribution in [0.15, 0.2) is 30.6 Å². The van der Waals surface area contributed by atoms with Gasteiger partial charge in [-0.3, -0.25) is 14.6 Å². The second-order valence-electron chi connectivity index (χ2n) is 4.33. The minimum atomic E-state index is -0.271. The number of nitrogens with zero attached hydrogens (tertiary/aromatic N) is 1. The summed E-state index contributed by atoms with van der Waals surface area (Å²) < 4.78 is 0. The monoisotopic (exact) mass is 304 g/mol. The van der Waals surface area contributed by atoms with Crippen molar-refractivity contribution in [1.29, 1.82) is 0 Å². The number of nitrogens with two attached hydrogens (primary N) is 1. The van der Waals surface area contributed by atoms with Crippen LogP contribution in [-0.4, -0.2) is 29.9 Å². The average Bonchev–Trinajstić information content (AvgIpc) is 2.86. The van der Waals surface area contributed by atoms with Crippen LogP contribution >= 0.6 is 11.3 Å². The van der Waals surface area contributed by atoms with Crippen LogP contribution in [0.3, 0.4) is 0 Å². The lowest BCUT2D eigenvalue weighted by Crippen LogP contribution is -2.29. The maximum atomic E-state index is 12.1. The molecule has 0 radical (unpaired) electrons. The third-order valence-electron chi connectivity index (χ3n) is 2.70. The molecule has 2 rings (SSSR count). The molecule has 4 N–H and O–H groups in total. The second kappa shape index (κ2) is 6.96. The first-order valence-electron chi connectivity index (χ1n) is 6.42. The topological polar surface area (TPSA) is 97.1 Å². The lowest BCUT2D eigenvalue weighted by atomic mass is 10.2. The lowest BCUT2D eigenvalue weighted by Gasteiger charge is -2.06. The summed E-state index contributed by atoms with van der Waals surface area (Å²) >= 11 is 1.36. The van der Waals surface area contributed by atoms with E-state index in [1.54, 1.807) is 30.6 Å². The summed E-state index contributed by atoms with van der Waals surface area (Å²) in [6.07, 6.45) is 3.09. The molecule has 0 aliphatic rings. The van der Waals surface area contributed by atoms with Gasteiger partial charge in [0.15, 0.2) is 0 Å². The summed E-state index contributed by atoms with van der Waals surface area (Å²) in [7, 11) is 0. The Kier molecular flexibility index (Phi) is 5.02. The van der Waals surface area contributed by atoms with Crippen molar-refractivity contribution in [3.8, 4) is 0 Å². The molecule has 2 aromatic heterocycles. The summed E-state index contributed by atoms with van der Waals surface area (Å²) in [4.78, 5) is 29.0. The van der Waals surface area contributed by atoms with E-state index in [9.17, 15) is 9.59 Å². The minimum Gasteiger partial charge on any atom is -0.351 e. The molecular formula is C14H16N4O2S. The molecule has 0 aliphatic heterocycles. The smallest absolute Gasteiger partial charge is 0.256 e. The van der Waals surface area contributed by atoms with Crippen molar-refractivity contribution in [2.75, 3.05) is 18.4 Å². The molecule has 2 amide bonds. The van der Waals surface area contributed by atoms with Crippen molar-refractivity contribution in [1.82, 2.24) is 10.3 Å². The molecule has 0 saturated heterocycles. The quantitative estimate of drug-likeness (QED) is 0.777. The molecule has 21 heavy (non-hydrogen) atoms. The maximum absolute atomic E-state index is 12.1. The van der Waals surface area contributed by atoms with Crippen molar-refractivity contribution in [2.45, 2.75) is 6.92 Å². The number of rotatable bonds is 5. The van der Waals surface area contributed by atoms with Crippen LogP contribution in [0.5, 0.6) is 0 Å². The number of pyridine rings is 1. The first kappa shape index (κ1) is 15.1. The number of anilines is 1. The molecule has 2 aromatic rings. The van der Waals surface area contributed by atoms with E-state index in [-0.39, 0.29) is 11.8 Å². The molecule has 6 nitrogen and oxygen atoms in total. The predicted octanol–water partition coefficient (Wildman–Crippen LogP) is 1.39. The summed E-state index contributed by atoms with van der Waals surface area (Å²) in [5.74, 6) is -0.512. The number of carbonyl (C=O) groups is 2. The van der Waals surface area contributed by atoms with Gasteiger partial charge in [0.1, 0.15) is 5.00 Å². The van der Waals surface area contributed by atoms with Crippen molar-refractivity contribution in [3.05, 3.63) is 46.6 Å². The highest BCUT2D eigenvalue weighted by molar-refractivity contribution is 7.16. The van der Waals surface area contributed by atoms with E-state index >= 15 is 0 Å². The zero-order valence-corrected chi connectivity index (χ0v) is 12.4. The predicted molar refractivity (Wildman–Crippen MR) is 82.6 cm³/mol. The molecule has 7 heteroatoms. The Balaban J connectivity index is 2.17. The summed E-state index contributed by atoms with van der Waals surface area (Å²) in [5, 5.41) is 5.99. The van der Waals surface area contributed by atoms with Gasteiger partial charge in [0.2, 0.25) is 0 Å². The Morgan fingerprint density at radius 2 is 2.00 bits per heavy atom. The molecule has 0 bridgehead atoms. The number of nitrogens with one attached hydrogen (secondary N) is 2. The molecule has 0 aromatic carbocycles. The highest BCUT2D eigenvalue weighted by Gasteiger charge is 2.17. The standard InChI is InChI=1S/C14H16N4O2S/c1-9-8-11(13(20)17-7-4-15)14(21-9)18-12(19)10-2-5-16-6-3-10/h2-3,5-6,8H,4,7,15H2,1H3,(H,17,20)(H,18,19). The number of thiophene rings is 1. The van der Waals surface area contributed by atoms with Gasteiger partial charge in [-0.15, -0.1) is 11.3 Å². The summed E-state index contributed by atoms with van der Waals surface area (Å²) in [5.41, 5.74) is 6.31. The Morgan fingerprint density at radius 1 is 1.29 bits per heavy atom. The highest BCUT2D eigenvalue weighted by Crippen LogP contribution is 2.28. The molecule has 0 aliphatic carbocycles. The molecule has 0 saturated carbocycles. The van der Waals surface area contributed by atoms with Crippen LogP contribution in [0.25, 0.3) is 0 Å². The van der Waals surface area contributed by atoms with E-state index in [0.717, 1.165) is 4.88 Å². The SMILES string of the molecule is Cc1cc(C(=O)NCCN)c(NC(=O)c2ccncc2)s1. The second-order valence-corrected chi connectivity index (χ2v) is 5.59. The number of amides is 2. The molecule has 0 atom stereocenters. The van der Waals surface area contributed by atoms with Crippen molar-refractivity contribution >= 4 is 28.2 Å². The molecule has 0 spiro atoms. The van der Waals surface area contributed by atoms with Gasteiger partial charge >= 0.3 is 0 Å². The number of carbonyl (C=O) groups excluding carboxylic acids is 2. The average molecular weight is 304 g/mol. The zero-order valence-electron chi connectivity index (χ0n) is 11.6. The van der Waals surface area contributed by atoms with Crippen LogP contribution in [0.2, 0.25) is 0 Å². The van der Waals surface area contributed by atoms with E-state index < -0.39 is 0 Å². The zero-order chi connectivity index (χ0) is 15.2. The normalized spacial score (nSPS) is 10.2. The van der Waals surface area contributed by atoms with Gasteiger partial charge in [0.05, 0.1) is 5.56 Å².